The van der Waals surface area contributed by atoms with E-state index in [1.54, 1.807) is 6.07 Å². The molecule has 18 heavy (non-hydrogen) atoms. The van der Waals surface area contributed by atoms with Gasteiger partial charge >= 0.3 is 0 Å². The minimum absolute atomic E-state index is 0.0784. The van der Waals surface area contributed by atoms with Crippen molar-refractivity contribution in [1.29, 1.82) is 0 Å². The SMILES string of the molecule is Nc1c(F)cc(C(O)CNC2CCCC2)cc1Br. The molecule has 2 rings (SSSR count). The van der Waals surface area contributed by atoms with Crippen molar-refractivity contribution in [1.82, 2.24) is 5.32 Å². The van der Waals surface area contributed by atoms with E-state index in [-0.39, 0.29) is 5.69 Å². The summed E-state index contributed by atoms with van der Waals surface area (Å²) in [5.74, 6) is -0.501. The third-order valence-electron chi connectivity index (χ3n) is 3.44. The summed E-state index contributed by atoms with van der Waals surface area (Å²) in [4.78, 5) is 0. The zero-order valence-electron chi connectivity index (χ0n) is 10.1. The van der Waals surface area contributed by atoms with Crippen molar-refractivity contribution < 1.29 is 9.50 Å². The fourth-order valence-electron chi connectivity index (χ4n) is 2.32. The second-order valence-electron chi connectivity index (χ2n) is 4.80. The lowest BCUT2D eigenvalue weighted by Crippen LogP contribution is -2.30. The van der Waals surface area contributed by atoms with Crippen LogP contribution in [0.1, 0.15) is 37.4 Å². The third kappa shape index (κ3) is 3.22. The van der Waals surface area contributed by atoms with Gasteiger partial charge in [0.25, 0.3) is 0 Å². The lowest BCUT2D eigenvalue weighted by atomic mass is 10.1. The molecule has 1 aromatic carbocycles. The highest BCUT2D eigenvalue weighted by Crippen LogP contribution is 2.27. The molecule has 1 aromatic rings. The van der Waals surface area contributed by atoms with Crippen molar-refractivity contribution in [3.05, 3.63) is 28.0 Å². The number of nitrogens with one attached hydrogen (secondary N) is 1. The number of aliphatic hydroxyl groups excluding tert-OH is 1. The van der Waals surface area contributed by atoms with Crippen molar-refractivity contribution in [2.24, 2.45) is 0 Å². The normalized spacial score (nSPS) is 18.2. The van der Waals surface area contributed by atoms with E-state index in [2.05, 4.69) is 21.2 Å². The number of halogens is 2. The molecule has 1 aliphatic rings. The van der Waals surface area contributed by atoms with E-state index in [0.717, 1.165) is 12.8 Å². The number of anilines is 1. The quantitative estimate of drug-likeness (QED) is 0.749. The van der Waals surface area contributed by atoms with Crippen LogP contribution < -0.4 is 11.1 Å². The van der Waals surface area contributed by atoms with E-state index in [1.165, 1.54) is 18.9 Å². The zero-order valence-corrected chi connectivity index (χ0v) is 11.7. The molecule has 0 saturated heterocycles. The Bertz CT molecular complexity index is 398. The summed E-state index contributed by atoms with van der Waals surface area (Å²) in [6, 6.07) is 3.45. The standard InChI is InChI=1S/C13H18BrFN2O/c14-10-5-8(6-11(15)13(10)16)12(18)7-17-9-3-1-2-4-9/h5-6,9,12,17-18H,1-4,7,16H2. The number of benzene rings is 1. The molecular formula is C13H18BrFN2O. The molecule has 100 valence electrons. The second-order valence-corrected chi connectivity index (χ2v) is 5.66. The van der Waals surface area contributed by atoms with E-state index in [4.69, 9.17) is 5.73 Å². The van der Waals surface area contributed by atoms with Gasteiger partial charge in [-0.15, -0.1) is 0 Å². The largest absolute Gasteiger partial charge is 0.395 e. The minimum atomic E-state index is -0.711. The van der Waals surface area contributed by atoms with Gasteiger partial charge in [0.1, 0.15) is 5.82 Å². The number of hydrogen-bond donors (Lipinski definition) is 3. The van der Waals surface area contributed by atoms with Crippen molar-refractivity contribution in [2.75, 3.05) is 12.3 Å². The minimum Gasteiger partial charge on any atom is -0.395 e. The summed E-state index contributed by atoms with van der Waals surface area (Å²) in [5, 5.41) is 13.3. The lowest BCUT2D eigenvalue weighted by molar-refractivity contribution is 0.169. The summed E-state index contributed by atoms with van der Waals surface area (Å²) in [7, 11) is 0. The summed E-state index contributed by atoms with van der Waals surface area (Å²) in [5.41, 5.74) is 6.12. The highest BCUT2D eigenvalue weighted by atomic mass is 79.9. The number of aliphatic hydroxyl groups is 1. The fourth-order valence-corrected chi connectivity index (χ4v) is 2.78. The Morgan fingerprint density at radius 3 is 2.72 bits per heavy atom. The molecule has 1 atom stereocenters. The van der Waals surface area contributed by atoms with Gasteiger partial charge in [-0.1, -0.05) is 12.8 Å². The Labute approximate surface area is 115 Å². The summed E-state index contributed by atoms with van der Waals surface area (Å²) < 4.78 is 13.9. The van der Waals surface area contributed by atoms with Gasteiger partial charge in [0.2, 0.25) is 0 Å². The van der Waals surface area contributed by atoms with Crippen molar-refractivity contribution in [3.63, 3.8) is 0 Å². The first-order valence-corrected chi connectivity index (χ1v) is 7.03. The first-order valence-electron chi connectivity index (χ1n) is 6.24. The molecule has 1 fully saturated rings. The molecule has 1 unspecified atom stereocenters. The Kier molecular flexibility index (Phi) is 4.59. The van der Waals surface area contributed by atoms with E-state index in [0.29, 0.717) is 22.6 Å². The van der Waals surface area contributed by atoms with Gasteiger partial charge in [0, 0.05) is 17.1 Å². The van der Waals surface area contributed by atoms with Gasteiger partial charge < -0.3 is 16.2 Å². The summed E-state index contributed by atoms with van der Waals surface area (Å²) >= 11 is 3.19. The van der Waals surface area contributed by atoms with E-state index >= 15 is 0 Å². The van der Waals surface area contributed by atoms with Gasteiger partial charge in [0.15, 0.2) is 0 Å². The number of nitrogen functional groups attached to an aromatic ring is 1. The van der Waals surface area contributed by atoms with Gasteiger partial charge in [0.05, 0.1) is 11.8 Å². The second kappa shape index (κ2) is 5.99. The highest BCUT2D eigenvalue weighted by Gasteiger charge is 2.17. The molecule has 1 saturated carbocycles. The van der Waals surface area contributed by atoms with Gasteiger partial charge in [-0.25, -0.2) is 4.39 Å². The van der Waals surface area contributed by atoms with E-state index in [9.17, 15) is 9.50 Å². The molecule has 3 nitrogen and oxygen atoms in total. The first kappa shape index (κ1) is 13.8. The smallest absolute Gasteiger partial charge is 0.147 e. The predicted octanol–water partition coefficient (Wildman–Crippen LogP) is 2.74. The Balaban J connectivity index is 1.97. The molecule has 0 amide bonds. The Morgan fingerprint density at radius 2 is 2.11 bits per heavy atom. The van der Waals surface area contributed by atoms with Gasteiger partial charge in [-0.2, -0.15) is 0 Å². The molecule has 5 heteroatoms. The highest BCUT2D eigenvalue weighted by molar-refractivity contribution is 9.10. The molecular weight excluding hydrogens is 299 g/mol. The van der Waals surface area contributed by atoms with Crippen LogP contribution in [0.5, 0.6) is 0 Å². The third-order valence-corrected chi connectivity index (χ3v) is 4.10. The maximum atomic E-state index is 13.5. The van der Waals surface area contributed by atoms with E-state index in [1.807, 2.05) is 0 Å². The molecule has 0 bridgehead atoms. The maximum absolute atomic E-state index is 13.5. The number of rotatable bonds is 4. The topological polar surface area (TPSA) is 58.3 Å². The van der Waals surface area contributed by atoms with Crippen LogP contribution >= 0.6 is 15.9 Å². The molecule has 0 spiro atoms. The van der Waals surface area contributed by atoms with Crippen LogP contribution in [0.2, 0.25) is 0 Å². The Morgan fingerprint density at radius 1 is 1.44 bits per heavy atom. The number of nitrogens with two attached hydrogens (primary N) is 1. The summed E-state index contributed by atoms with van der Waals surface area (Å²) in [6.45, 7) is 0.445. The van der Waals surface area contributed by atoms with Crippen LogP contribution in [0.25, 0.3) is 0 Å². The van der Waals surface area contributed by atoms with Crippen LogP contribution in [-0.4, -0.2) is 17.7 Å². The zero-order chi connectivity index (χ0) is 13.1. The van der Waals surface area contributed by atoms with Gasteiger partial charge in [-0.05, 0) is 46.5 Å². The van der Waals surface area contributed by atoms with Crippen molar-refractivity contribution in [3.8, 4) is 0 Å². The molecule has 0 heterocycles. The molecule has 0 aromatic heterocycles. The van der Waals surface area contributed by atoms with Crippen molar-refractivity contribution >= 4 is 21.6 Å². The molecule has 0 radical (unpaired) electrons. The van der Waals surface area contributed by atoms with Crippen LogP contribution in [-0.2, 0) is 0 Å². The van der Waals surface area contributed by atoms with E-state index < -0.39 is 11.9 Å². The number of hydrogen-bond acceptors (Lipinski definition) is 3. The van der Waals surface area contributed by atoms with Gasteiger partial charge in [-0.3, -0.25) is 0 Å². The Hall–Kier alpha value is -0.650. The van der Waals surface area contributed by atoms with Crippen LogP contribution in [0.4, 0.5) is 10.1 Å². The van der Waals surface area contributed by atoms with Crippen LogP contribution in [0.3, 0.4) is 0 Å². The monoisotopic (exact) mass is 316 g/mol. The predicted molar refractivity (Wildman–Crippen MR) is 73.7 cm³/mol. The molecule has 0 aliphatic heterocycles. The molecule has 1 aliphatic carbocycles. The first-order chi connectivity index (χ1) is 8.58. The van der Waals surface area contributed by atoms with Crippen LogP contribution in [0.15, 0.2) is 16.6 Å². The average Bonchev–Trinajstić information content (AvgIpc) is 2.85. The lowest BCUT2D eigenvalue weighted by Gasteiger charge is -2.17. The van der Waals surface area contributed by atoms with Crippen LogP contribution in [0, 0.1) is 5.82 Å². The molecule has 4 N–H and O–H groups in total. The summed E-state index contributed by atoms with van der Waals surface area (Å²) in [6.07, 6.45) is 4.10. The average molecular weight is 317 g/mol. The maximum Gasteiger partial charge on any atom is 0.147 e. The van der Waals surface area contributed by atoms with Crippen molar-refractivity contribution in [2.45, 2.75) is 37.8 Å². The fraction of sp³-hybridized carbons (Fsp3) is 0.538.